The Morgan fingerprint density at radius 3 is 3.00 bits per heavy atom. The van der Waals surface area contributed by atoms with E-state index in [1.54, 1.807) is 0 Å². The highest BCUT2D eigenvalue weighted by molar-refractivity contribution is 5.70. The second-order valence-electron chi connectivity index (χ2n) is 2.37. The summed E-state index contributed by atoms with van der Waals surface area (Å²) in [5.41, 5.74) is 0. The fourth-order valence-electron chi connectivity index (χ4n) is 0.879. The monoisotopic (exact) mass is 159 g/mol. The van der Waals surface area contributed by atoms with Gasteiger partial charge in [0.2, 0.25) is 0 Å². The SMILES string of the molecule is O=C(O)CCC1COC(=O)N1. The Bertz CT molecular complexity index is 179. The standard InChI is InChI=1S/C6H9NO4/c8-5(9)2-1-4-3-11-6(10)7-4/h4H,1-3H2,(H,7,10)(H,8,9). The van der Waals surface area contributed by atoms with E-state index < -0.39 is 12.1 Å². The molecule has 11 heavy (non-hydrogen) atoms. The molecule has 1 amide bonds. The number of alkyl carbamates (subject to hydrolysis) is 1. The Hall–Kier alpha value is -1.26. The Labute approximate surface area is 63.3 Å². The minimum Gasteiger partial charge on any atom is -0.481 e. The van der Waals surface area contributed by atoms with Crippen molar-refractivity contribution in [1.29, 1.82) is 0 Å². The van der Waals surface area contributed by atoms with Crippen LogP contribution in [-0.4, -0.2) is 29.8 Å². The Balaban J connectivity index is 2.18. The third-order valence-corrected chi connectivity index (χ3v) is 1.44. The second-order valence-corrected chi connectivity index (χ2v) is 2.37. The van der Waals surface area contributed by atoms with Crippen LogP contribution in [0, 0.1) is 0 Å². The number of amides is 1. The van der Waals surface area contributed by atoms with Crippen LogP contribution in [0.1, 0.15) is 12.8 Å². The number of hydrogen-bond acceptors (Lipinski definition) is 3. The van der Waals surface area contributed by atoms with Crippen LogP contribution in [-0.2, 0) is 9.53 Å². The van der Waals surface area contributed by atoms with Gasteiger partial charge in [0.25, 0.3) is 0 Å². The molecule has 5 heteroatoms. The third kappa shape index (κ3) is 2.45. The van der Waals surface area contributed by atoms with Crippen molar-refractivity contribution in [2.75, 3.05) is 6.61 Å². The minimum atomic E-state index is -0.855. The zero-order valence-corrected chi connectivity index (χ0v) is 5.87. The number of hydrogen-bond donors (Lipinski definition) is 2. The number of nitrogens with one attached hydrogen (secondary N) is 1. The highest BCUT2D eigenvalue weighted by Crippen LogP contribution is 2.04. The van der Waals surface area contributed by atoms with E-state index in [0.717, 1.165) is 0 Å². The number of aliphatic carboxylic acids is 1. The summed E-state index contributed by atoms with van der Waals surface area (Å²) in [7, 11) is 0. The van der Waals surface area contributed by atoms with Gasteiger partial charge in [0, 0.05) is 6.42 Å². The molecule has 0 aromatic heterocycles. The molecule has 62 valence electrons. The van der Waals surface area contributed by atoms with Crippen LogP contribution in [0.2, 0.25) is 0 Å². The van der Waals surface area contributed by atoms with Gasteiger partial charge in [-0.2, -0.15) is 0 Å². The fourth-order valence-corrected chi connectivity index (χ4v) is 0.879. The molecule has 1 atom stereocenters. The molecule has 1 aliphatic rings. The Kier molecular flexibility index (Phi) is 2.30. The molecular weight excluding hydrogens is 150 g/mol. The van der Waals surface area contributed by atoms with Crippen LogP contribution in [0.3, 0.4) is 0 Å². The maximum absolute atomic E-state index is 10.4. The molecule has 0 aromatic rings. The summed E-state index contributed by atoms with van der Waals surface area (Å²) in [4.78, 5) is 20.5. The average Bonchev–Trinajstić information content (AvgIpc) is 2.31. The van der Waals surface area contributed by atoms with E-state index in [1.165, 1.54) is 0 Å². The first kappa shape index (κ1) is 7.84. The van der Waals surface area contributed by atoms with Crippen molar-refractivity contribution in [3.05, 3.63) is 0 Å². The Morgan fingerprint density at radius 1 is 1.82 bits per heavy atom. The van der Waals surface area contributed by atoms with E-state index >= 15 is 0 Å². The largest absolute Gasteiger partial charge is 0.481 e. The maximum atomic E-state index is 10.4. The summed E-state index contributed by atoms with van der Waals surface area (Å²) in [6.45, 7) is 0.284. The molecule has 2 N–H and O–H groups in total. The molecule has 0 aliphatic carbocycles. The summed E-state index contributed by atoms with van der Waals surface area (Å²) in [6.07, 6.45) is 0.0374. The van der Waals surface area contributed by atoms with E-state index in [0.29, 0.717) is 6.42 Å². The van der Waals surface area contributed by atoms with Crippen molar-refractivity contribution in [3.8, 4) is 0 Å². The zero-order valence-electron chi connectivity index (χ0n) is 5.87. The molecule has 1 saturated heterocycles. The molecule has 1 aliphatic heterocycles. The predicted octanol–water partition coefficient (Wildman–Crippen LogP) is -0.0404. The zero-order chi connectivity index (χ0) is 8.27. The van der Waals surface area contributed by atoms with Crippen molar-refractivity contribution in [3.63, 3.8) is 0 Å². The van der Waals surface area contributed by atoms with Gasteiger partial charge >= 0.3 is 12.1 Å². The normalized spacial score (nSPS) is 22.5. The van der Waals surface area contributed by atoms with E-state index in [2.05, 4.69) is 10.1 Å². The van der Waals surface area contributed by atoms with Gasteiger partial charge in [0.15, 0.2) is 0 Å². The first-order valence-electron chi connectivity index (χ1n) is 3.33. The summed E-state index contributed by atoms with van der Waals surface area (Å²) in [5.74, 6) is -0.855. The van der Waals surface area contributed by atoms with Gasteiger partial charge in [0.05, 0.1) is 6.04 Å². The van der Waals surface area contributed by atoms with Crippen molar-refractivity contribution in [2.45, 2.75) is 18.9 Å². The molecule has 0 bridgehead atoms. The fraction of sp³-hybridized carbons (Fsp3) is 0.667. The predicted molar refractivity (Wildman–Crippen MR) is 35.1 cm³/mol. The van der Waals surface area contributed by atoms with Crippen molar-refractivity contribution < 1.29 is 19.4 Å². The molecular formula is C6H9NO4. The Morgan fingerprint density at radius 2 is 2.55 bits per heavy atom. The average molecular weight is 159 g/mol. The first-order chi connectivity index (χ1) is 5.18. The molecule has 0 saturated carbocycles. The van der Waals surface area contributed by atoms with Crippen LogP contribution in [0.5, 0.6) is 0 Å². The summed E-state index contributed by atoms with van der Waals surface area (Å²) >= 11 is 0. The third-order valence-electron chi connectivity index (χ3n) is 1.44. The number of carbonyl (C=O) groups excluding carboxylic acids is 1. The first-order valence-corrected chi connectivity index (χ1v) is 3.33. The number of carboxylic acids is 1. The maximum Gasteiger partial charge on any atom is 0.407 e. The van der Waals surface area contributed by atoms with Crippen LogP contribution in [0.4, 0.5) is 4.79 Å². The number of carboxylic acid groups (broad SMARTS) is 1. The van der Waals surface area contributed by atoms with Crippen LogP contribution >= 0.6 is 0 Å². The van der Waals surface area contributed by atoms with Crippen LogP contribution in [0.25, 0.3) is 0 Å². The molecule has 1 fully saturated rings. The summed E-state index contributed by atoms with van der Waals surface area (Å²) in [6, 6.07) is -0.126. The number of cyclic esters (lactones) is 1. The topological polar surface area (TPSA) is 75.6 Å². The minimum absolute atomic E-state index is 0.0638. The molecule has 0 radical (unpaired) electrons. The van der Waals surface area contributed by atoms with Gasteiger partial charge in [0.1, 0.15) is 6.61 Å². The lowest BCUT2D eigenvalue weighted by atomic mass is 10.2. The summed E-state index contributed by atoms with van der Waals surface area (Å²) in [5, 5.41) is 10.8. The lowest BCUT2D eigenvalue weighted by Gasteiger charge is -2.02. The highest BCUT2D eigenvalue weighted by Gasteiger charge is 2.22. The lowest BCUT2D eigenvalue weighted by Crippen LogP contribution is -2.26. The second kappa shape index (κ2) is 3.23. The molecule has 1 unspecified atom stereocenters. The summed E-state index contributed by atoms with van der Waals surface area (Å²) < 4.78 is 4.55. The van der Waals surface area contributed by atoms with Gasteiger partial charge in [-0.05, 0) is 6.42 Å². The van der Waals surface area contributed by atoms with Crippen molar-refractivity contribution in [2.24, 2.45) is 0 Å². The van der Waals surface area contributed by atoms with E-state index in [9.17, 15) is 9.59 Å². The molecule has 5 nitrogen and oxygen atoms in total. The van der Waals surface area contributed by atoms with Gasteiger partial charge in [-0.15, -0.1) is 0 Å². The van der Waals surface area contributed by atoms with E-state index in [1.807, 2.05) is 0 Å². The van der Waals surface area contributed by atoms with Crippen molar-refractivity contribution >= 4 is 12.1 Å². The lowest BCUT2D eigenvalue weighted by molar-refractivity contribution is -0.137. The van der Waals surface area contributed by atoms with E-state index in [4.69, 9.17) is 5.11 Å². The number of carbonyl (C=O) groups is 2. The molecule has 0 aromatic carbocycles. The number of ether oxygens (including phenoxy) is 1. The van der Waals surface area contributed by atoms with E-state index in [-0.39, 0.29) is 19.1 Å². The van der Waals surface area contributed by atoms with Gasteiger partial charge < -0.3 is 15.2 Å². The quantitative estimate of drug-likeness (QED) is 0.605. The van der Waals surface area contributed by atoms with Gasteiger partial charge in [-0.1, -0.05) is 0 Å². The molecule has 0 spiro atoms. The van der Waals surface area contributed by atoms with Crippen LogP contribution in [0.15, 0.2) is 0 Å². The molecule has 1 rings (SSSR count). The highest BCUT2D eigenvalue weighted by atomic mass is 16.6. The van der Waals surface area contributed by atoms with Gasteiger partial charge in [-0.3, -0.25) is 4.79 Å². The smallest absolute Gasteiger partial charge is 0.407 e. The van der Waals surface area contributed by atoms with Crippen LogP contribution < -0.4 is 5.32 Å². The van der Waals surface area contributed by atoms with Crippen molar-refractivity contribution in [1.82, 2.24) is 5.32 Å². The molecule has 1 heterocycles. The van der Waals surface area contributed by atoms with Gasteiger partial charge in [-0.25, -0.2) is 4.79 Å². The number of rotatable bonds is 3.